The number of thiophene rings is 1. The van der Waals surface area contributed by atoms with E-state index in [9.17, 15) is 4.79 Å². The second-order valence-corrected chi connectivity index (χ2v) is 7.48. The minimum Gasteiger partial charge on any atom is -0.397 e. The zero-order valence-electron chi connectivity index (χ0n) is 11.4. The second kappa shape index (κ2) is 5.66. The van der Waals surface area contributed by atoms with Crippen LogP contribution in [0.4, 0.5) is 5.69 Å². The number of aryl methyl sites for hydroxylation is 1. The van der Waals surface area contributed by atoms with Crippen molar-refractivity contribution >= 4 is 44.8 Å². The highest BCUT2D eigenvalue weighted by Crippen LogP contribution is 2.34. The zero-order chi connectivity index (χ0) is 14.1. The molecule has 0 bridgehead atoms. The van der Waals surface area contributed by atoms with E-state index in [0.29, 0.717) is 16.6 Å². The van der Waals surface area contributed by atoms with E-state index in [1.54, 1.807) is 0 Å². The van der Waals surface area contributed by atoms with Crippen molar-refractivity contribution in [2.24, 2.45) is 0 Å². The van der Waals surface area contributed by atoms with Crippen LogP contribution in [0.1, 0.15) is 28.1 Å². The van der Waals surface area contributed by atoms with E-state index in [-0.39, 0.29) is 5.91 Å². The third-order valence-electron chi connectivity index (χ3n) is 3.65. The number of hydrogen-bond donors (Lipinski definition) is 2. The van der Waals surface area contributed by atoms with Gasteiger partial charge in [-0.3, -0.25) is 4.79 Å². The van der Waals surface area contributed by atoms with Crippen molar-refractivity contribution in [1.29, 1.82) is 0 Å². The van der Waals surface area contributed by atoms with Gasteiger partial charge in [-0.15, -0.1) is 11.3 Å². The van der Waals surface area contributed by atoms with Crippen LogP contribution in [0.5, 0.6) is 0 Å². The first kappa shape index (κ1) is 13.8. The van der Waals surface area contributed by atoms with E-state index in [2.05, 4.69) is 18.3 Å². The SMILES string of the molecule is Cc1ccc2c(N)c(C(=O)NC3CCSCC3)sc2c1. The molecule has 3 nitrogen and oxygen atoms in total. The number of fused-ring (bicyclic) bond motifs is 1. The number of carbonyl (C=O) groups excluding carboxylic acids is 1. The Kier molecular flexibility index (Phi) is 3.89. The fraction of sp³-hybridized carbons (Fsp3) is 0.400. The summed E-state index contributed by atoms with van der Waals surface area (Å²) in [5.41, 5.74) is 7.95. The molecule has 1 aromatic heterocycles. The fourth-order valence-electron chi connectivity index (χ4n) is 2.49. The number of anilines is 1. The van der Waals surface area contributed by atoms with Gasteiger partial charge >= 0.3 is 0 Å². The molecular weight excluding hydrogens is 288 g/mol. The highest BCUT2D eigenvalue weighted by molar-refractivity contribution is 7.99. The first-order chi connectivity index (χ1) is 9.65. The van der Waals surface area contributed by atoms with Gasteiger partial charge in [0.25, 0.3) is 5.91 Å². The van der Waals surface area contributed by atoms with E-state index in [0.717, 1.165) is 34.4 Å². The molecule has 3 rings (SSSR count). The van der Waals surface area contributed by atoms with E-state index in [4.69, 9.17) is 5.73 Å². The maximum absolute atomic E-state index is 12.4. The van der Waals surface area contributed by atoms with Crippen molar-refractivity contribution in [3.05, 3.63) is 28.6 Å². The Labute approximate surface area is 126 Å². The number of thioether (sulfide) groups is 1. The molecule has 20 heavy (non-hydrogen) atoms. The standard InChI is InChI=1S/C15H18N2OS2/c1-9-2-3-11-12(8-9)20-14(13(11)16)15(18)17-10-4-6-19-7-5-10/h2-3,8,10H,4-7,16H2,1H3,(H,17,18). The summed E-state index contributed by atoms with van der Waals surface area (Å²) in [6.45, 7) is 2.05. The normalized spacial score (nSPS) is 16.4. The molecule has 1 aromatic carbocycles. The Bertz CT molecular complexity index is 645. The van der Waals surface area contributed by atoms with Gasteiger partial charge in [-0.1, -0.05) is 12.1 Å². The van der Waals surface area contributed by atoms with Crippen LogP contribution in [0.15, 0.2) is 18.2 Å². The number of carbonyl (C=O) groups is 1. The smallest absolute Gasteiger partial charge is 0.263 e. The maximum Gasteiger partial charge on any atom is 0.263 e. The predicted octanol–water partition coefficient (Wildman–Crippen LogP) is 3.42. The molecule has 2 heterocycles. The van der Waals surface area contributed by atoms with Crippen LogP contribution in [-0.4, -0.2) is 23.5 Å². The first-order valence-electron chi connectivity index (χ1n) is 6.82. The molecule has 5 heteroatoms. The third-order valence-corrected chi connectivity index (χ3v) is 5.86. The van der Waals surface area contributed by atoms with Crippen molar-refractivity contribution in [3.63, 3.8) is 0 Å². The summed E-state index contributed by atoms with van der Waals surface area (Å²) in [7, 11) is 0. The highest BCUT2D eigenvalue weighted by atomic mass is 32.2. The molecule has 3 N–H and O–H groups in total. The monoisotopic (exact) mass is 306 g/mol. The Morgan fingerprint density at radius 1 is 1.35 bits per heavy atom. The number of amides is 1. The minimum absolute atomic E-state index is 0.0155. The lowest BCUT2D eigenvalue weighted by Crippen LogP contribution is -2.37. The van der Waals surface area contributed by atoms with Crippen LogP contribution in [0.2, 0.25) is 0 Å². The lowest BCUT2D eigenvalue weighted by atomic mass is 10.1. The summed E-state index contributed by atoms with van der Waals surface area (Å²) >= 11 is 3.45. The van der Waals surface area contributed by atoms with E-state index < -0.39 is 0 Å². The molecule has 1 saturated heterocycles. The van der Waals surface area contributed by atoms with Gasteiger partial charge in [-0.2, -0.15) is 11.8 Å². The minimum atomic E-state index is -0.0155. The van der Waals surface area contributed by atoms with E-state index in [1.165, 1.54) is 16.9 Å². The lowest BCUT2D eigenvalue weighted by molar-refractivity contribution is 0.0940. The predicted molar refractivity (Wildman–Crippen MR) is 88.8 cm³/mol. The summed E-state index contributed by atoms with van der Waals surface area (Å²) in [6.07, 6.45) is 2.11. The summed E-state index contributed by atoms with van der Waals surface area (Å²) in [5, 5.41) is 4.12. The molecule has 1 aliphatic heterocycles. The molecule has 0 radical (unpaired) electrons. The molecule has 0 unspecified atom stereocenters. The van der Waals surface area contributed by atoms with Gasteiger partial charge in [0, 0.05) is 16.1 Å². The summed E-state index contributed by atoms with van der Waals surface area (Å²) < 4.78 is 1.09. The van der Waals surface area contributed by atoms with Gasteiger partial charge in [0.1, 0.15) is 4.88 Å². The number of hydrogen-bond acceptors (Lipinski definition) is 4. The van der Waals surface area contributed by atoms with Crippen molar-refractivity contribution in [2.45, 2.75) is 25.8 Å². The Balaban J connectivity index is 1.85. The average molecular weight is 306 g/mol. The molecule has 1 aliphatic rings. The Morgan fingerprint density at radius 3 is 2.85 bits per heavy atom. The second-order valence-electron chi connectivity index (χ2n) is 5.20. The van der Waals surface area contributed by atoms with Crippen LogP contribution in [0, 0.1) is 6.92 Å². The van der Waals surface area contributed by atoms with Crippen molar-refractivity contribution in [1.82, 2.24) is 5.32 Å². The van der Waals surface area contributed by atoms with Crippen molar-refractivity contribution in [2.75, 3.05) is 17.2 Å². The van der Waals surface area contributed by atoms with Crippen molar-refractivity contribution in [3.8, 4) is 0 Å². The summed E-state index contributed by atoms with van der Waals surface area (Å²) in [5.74, 6) is 2.25. The van der Waals surface area contributed by atoms with E-state index >= 15 is 0 Å². The molecule has 0 saturated carbocycles. The molecule has 2 aromatic rings. The molecule has 1 fully saturated rings. The molecule has 0 atom stereocenters. The average Bonchev–Trinajstić information content (AvgIpc) is 2.76. The summed E-state index contributed by atoms with van der Waals surface area (Å²) in [4.78, 5) is 13.1. The van der Waals surface area contributed by atoms with E-state index in [1.807, 2.05) is 23.9 Å². The van der Waals surface area contributed by atoms with Crippen LogP contribution < -0.4 is 11.1 Å². The van der Waals surface area contributed by atoms with Gasteiger partial charge < -0.3 is 11.1 Å². The van der Waals surface area contributed by atoms with Gasteiger partial charge in [0.05, 0.1) is 5.69 Å². The van der Waals surface area contributed by atoms with Crippen molar-refractivity contribution < 1.29 is 4.79 Å². The lowest BCUT2D eigenvalue weighted by Gasteiger charge is -2.22. The number of nitrogens with one attached hydrogen (secondary N) is 1. The quantitative estimate of drug-likeness (QED) is 0.894. The highest BCUT2D eigenvalue weighted by Gasteiger charge is 2.21. The number of nitrogens with two attached hydrogens (primary N) is 1. The van der Waals surface area contributed by atoms with Crippen LogP contribution in [0.3, 0.4) is 0 Å². The number of rotatable bonds is 2. The van der Waals surface area contributed by atoms with Gasteiger partial charge in [0.15, 0.2) is 0 Å². The Hall–Kier alpha value is -1.20. The molecule has 106 valence electrons. The third kappa shape index (κ3) is 2.65. The zero-order valence-corrected chi connectivity index (χ0v) is 13.1. The maximum atomic E-state index is 12.4. The van der Waals surface area contributed by atoms with Crippen LogP contribution in [0.25, 0.3) is 10.1 Å². The van der Waals surface area contributed by atoms with Crippen LogP contribution in [-0.2, 0) is 0 Å². The molecule has 1 amide bonds. The largest absolute Gasteiger partial charge is 0.397 e. The van der Waals surface area contributed by atoms with Gasteiger partial charge in [-0.05, 0) is 42.9 Å². The fourth-order valence-corrected chi connectivity index (χ4v) is 4.72. The number of benzene rings is 1. The first-order valence-corrected chi connectivity index (χ1v) is 8.79. The molecular formula is C15H18N2OS2. The summed E-state index contributed by atoms with van der Waals surface area (Å²) in [6, 6.07) is 6.43. The number of nitrogen functional groups attached to an aromatic ring is 1. The van der Waals surface area contributed by atoms with Gasteiger partial charge in [-0.25, -0.2) is 0 Å². The van der Waals surface area contributed by atoms with Gasteiger partial charge in [0.2, 0.25) is 0 Å². The topological polar surface area (TPSA) is 55.1 Å². The molecule has 0 aliphatic carbocycles. The Morgan fingerprint density at radius 2 is 2.10 bits per heavy atom. The molecule has 0 spiro atoms. The van der Waals surface area contributed by atoms with Crippen LogP contribution >= 0.6 is 23.1 Å².